The van der Waals surface area contributed by atoms with Crippen molar-refractivity contribution < 1.29 is 0 Å². The van der Waals surface area contributed by atoms with E-state index in [-0.39, 0.29) is 0 Å². The van der Waals surface area contributed by atoms with Gasteiger partial charge in [-0.15, -0.1) is 0 Å². The van der Waals surface area contributed by atoms with Gasteiger partial charge in [0, 0.05) is 38.4 Å². The lowest BCUT2D eigenvalue weighted by molar-refractivity contribution is 0.182. The van der Waals surface area contributed by atoms with Crippen LogP contribution >= 0.6 is 15.9 Å². The molecule has 19 heavy (non-hydrogen) atoms. The third-order valence-electron chi connectivity index (χ3n) is 2.96. The first-order valence-electron chi connectivity index (χ1n) is 6.65. The lowest BCUT2D eigenvalue weighted by atomic mass is 10.2. The zero-order chi connectivity index (χ0) is 14.4. The van der Waals surface area contributed by atoms with Crippen molar-refractivity contribution in [1.82, 2.24) is 14.9 Å². The Morgan fingerprint density at radius 1 is 1.26 bits per heavy atom. The molecule has 2 N–H and O–H groups in total. The third kappa shape index (κ3) is 4.95. The summed E-state index contributed by atoms with van der Waals surface area (Å²) in [4.78, 5) is 11.0. The van der Waals surface area contributed by atoms with E-state index in [1.165, 1.54) is 0 Å². The summed E-state index contributed by atoms with van der Waals surface area (Å²) in [6.07, 6.45) is 1.75. The van der Waals surface area contributed by atoms with Crippen LogP contribution in [0.5, 0.6) is 0 Å². The lowest BCUT2D eigenvalue weighted by Crippen LogP contribution is -2.40. The minimum atomic E-state index is 0.545. The Kier molecular flexibility index (Phi) is 6.51. The molecule has 1 heterocycles. The van der Waals surface area contributed by atoms with E-state index >= 15 is 0 Å². The van der Waals surface area contributed by atoms with E-state index in [1.54, 1.807) is 6.20 Å². The molecule has 0 spiro atoms. The van der Waals surface area contributed by atoms with Gasteiger partial charge in [-0.05, 0) is 43.6 Å². The highest BCUT2D eigenvalue weighted by Crippen LogP contribution is 2.19. The molecule has 0 aliphatic heterocycles. The van der Waals surface area contributed by atoms with Gasteiger partial charge in [0.25, 0.3) is 0 Å². The summed E-state index contributed by atoms with van der Waals surface area (Å²) < 4.78 is 0.882. The highest BCUT2D eigenvalue weighted by atomic mass is 79.9. The molecule has 1 rings (SSSR count). The zero-order valence-corrected chi connectivity index (χ0v) is 14.0. The third-order valence-corrected chi connectivity index (χ3v) is 3.54. The number of anilines is 2. The summed E-state index contributed by atoms with van der Waals surface area (Å²) in [6, 6.07) is 1.09. The average Bonchev–Trinajstić information content (AvgIpc) is 2.35. The molecular weight excluding hydrogens is 306 g/mol. The van der Waals surface area contributed by atoms with Crippen molar-refractivity contribution >= 4 is 27.7 Å². The number of hydrogen-bond donors (Lipinski definition) is 2. The molecule has 0 fully saturated rings. The van der Waals surface area contributed by atoms with Gasteiger partial charge in [0.2, 0.25) is 5.95 Å². The second-order valence-corrected chi connectivity index (χ2v) is 5.85. The summed E-state index contributed by atoms with van der Waals surface area (Å²) in [7, 11) is 1.81. The van der Waals surface area contributed by atoms with E-state index in [0.717, 1.165) is 23.4 Å². The monoisotopic (exact) mass is 329 g/mol. The predicted molar refractivity (Wildman–Crippen MR) is 84.7 cm³/mol. The molecule has 0 radical (unpaired) electrons. The van der Waals surface area contributed by atoms with Crippen molar-refractivity contribution in [2.75, 3.05) is 30.8 Å². The smallest absolute Gasteiger partial charge is 0.224 e. The summed E-state index contributed by atoms with van der Waals surface area (Å²) in [5.41, 5.74) is 0. The fourth-order valence-corrected chi connectivity index (χ4v) is 2.36. The van der Waals surface area contributed by atoms with E-state index in [2.05, 4.69) is 69.1 Å². The topological polar surface area (TPSA) is 53.1 Å². The summed E-state index contributed by atoms with van der Waals surface area (Å²) in [5, 5.41) is 6.28. The van der Waals surface area contributed by atoms with E-state index in [9.17, 15) is 0 Å². The first kappa shape index (κ1) is 16.2. The number of halogens is 1. The number of rotatable bonds is 7. The molecular formula is C13H24BrN5. The van der Waals surface area contributed by atoms with Crippen LogP contribution in [0.2, 0.25) is 0 Å². The standard InChI is InChI=1S/C13H24BrN5/c1-9(2)19(10(3)4)7-6-16-12-11(14)8-17-13(15-5)18-12/h8-10H,6-7H2,1-5H3,(H2,15,16,17,18). The van der Waals surface area contributed by atoms with E-state index < -0.39 is 0 Å². The van der Waals surface area contributed by atoms with Crippen molar-refractivity contribution in [2.24, 2.45) is 0 Å². The van der Waals surface area contributed by atoms with Crippen LogP contribution in [0, 0.1) is 0 Å². The molecule has 6 heteroatoms. The van der Waals surface area contributed by atoms with Gasteiger partial charge in [-0.2, -0.15) is 4.98 Å². The molecule has 0 aromatic carbocycles. The Labute approximate surface area is 124 Å². The molecule has 1 aromatic heterocycles. The first-order valence-corrected chi connectivity index (χ1v) is 7.45. The van der Waals surface area contributed by atoms with Gasteiger partial charge < -0.3 is 10.6 Å². The maximum atomic E-state index is 4.38. The lowest BCUT2D eigenvalue weighted by Gasteiger charge is -2.30. The Morgan fingerprint density at radius 2 is 1.89 bits per heavy atom. The second-order valence-electron chi connectivity index (χ2n) is 4.99. The Hall–Kier alpha value is -0.880. The molecule has 5 nitrogen and oxygen atoms in total. The summed E-state index contributed by atoms with van der Waals surface area (Å²) in [5.74, 6) is 1.45. The van der Waals surface area contributed by atoms with Crippen molar-refractivity contribution in [3.63, 3.8) is 0 Å². The van der Waals surface area contributed by atoms with Gasteiger partial charge in [0.15, 0.2) is 0 Å². The quantitative estimate of drug-likeness (QED) is 0.805. The van der Waals surface area contributed by atoms with Crippen LogP contribution in [0.1, 0.15) is 27.7 Å². The molecule has 0 amide bonds. The van der Waals surface area contributed by atoms with E-state index in [4.69, 9.17) is 0 Å². The van der Waals surface area contributed by atoms with Crippen molar-refractivity contribution in [1.29, 1.82) is 0 Å². The van der Waals surface area contributed by atoms with Gasteiger partial charge in [-0.1, -0.05) is 0 Å². The van der Waals surface area contributed by atoms with Crippen molar-refractivity contribution in [3.05, 3.63) is 10.7 Å². The fraction of sp³-hybridized carbons (Fsp3) is 0.692. The van der Waals surface area contributed by atoms with Crippen LogP contribution in [-0.4, -0.2) is 47.1 Å². The summed E-state index contributed by atoms with van der Waals surface area (Å²) in [6.45, 7) is 10.7. The normalized spacial score (nSPS) is 11.4. The van der Waals surface area contributed by atoms with Crippen LogP contribution in [0.25, 0.3) is 0 Å². The van der Waals surface area contributed by atoms with Crippen molar-refractivity contribution in [3.8, 4) is 0 Å². The Balaban J connectivity index is 2.57. The SMILES string of the molecule is CNc1ncc(Br)c(NCCN(C(C)C)C(C)C)n1. The van der Waals surface area contributed by atoms with Gasteiger partial charge in [0.1, 0.15) is 5.82 Å². The van der Waals surface area contributed by atoms with Gasteiger partial charge in [0.05, 0.1) is 4.47 Å². The van der Waals surface area contributed by atoms with Gasteiger partial charge >= 0.3 is 0 Å². The Bertz CT molecular complexity index is 387. The highest BCUT2D eigenvalue weighted by molar-refractivity contribution is 9.10. The average molecular weight is 330 g/mol. The number of nitrogens with zero attached hydrogens (tertiary/aromatic N) is 3. The molecule has 0 aliphatic rings. The van der Waals surface area contributed by atoms with Gasteiger partial charge in [-0.25, -0.2) is 4.98 Å². The molecule has 0 atom stereocenters. The Morgan fingerprint density at radius 3 is 2.42 bits per heavy atom. The minimum Gasteiger partial charge on any atom is -0.368 e. The first-order chi connectivity index (χ1) is 8.95. The molecule has 0 aliphatic carbocycles. The molecule has 1 aromatic rings. The van der Waals surface area contributed by atoms with Crippen LogP contribution in [0.15, 0.2) is 10.7 Å². The van der Waals surface area contributed by atoms with E-state index in [0.29, 0.717) is 18.0 Å². The number of nitrogens with one attached hydrogen (secondary N) is 2. The highest BCUT2D eigenvalue weighted by Gasteiger charge is 2.13. The second kappa shape index (κ2) is 7.65. The van der Waals surface area contributed by atoms with Crippen LogP contribution in [0.4, 0.5) is 11.8 Å². The molecule has 0 saturated heterocycles. The van der Waals surface area contributed by atoms with Crippen LogP contribution < -0.4 is 10.6 Å². The van der Waals surface area contributed by atoms with E-state index in [1.807, 2.05) is 7.05 Å². The number of aromatic nitrogens is 2. The van der Waals surface area contributed by atoms with Gasteiger partial charge in [-0.3, -0.25) is 4.90 Å². The maximum absolute atomic E-state index is 4.38. The maximum Gasteiger partial charge on any atom is 0.224 e. The molecule has 0 saturated carbocycles. The fourth-order valence-electron chi connectivity index (χ4n) is 2.03. The molecule has 108 valence electrons. The van der Waals surface area contributed by atoms with Crippen molar-refractivity contribution in [2.45, 2.75) is 39.8 Å². The molecule has 0 bridgehead atoms. The predicted octanol–water partition coefficient (Wildman–Crippen LogP) is 2.81. The largest absolute Gasteiger partial charge is 0.368 e. The van der Waals surface area contributed by atoms with Crippen LogP contribution in [-0.2, 0) is 0 Å². The molecule has 0 unspecified atom stereocenters. The summed E-state index contributed by atoms with van der Waals surface area (Å²) >= 11 is 3.46. The number of hydrogen-bond acceptors (Lipinski definition) is 5. The zero-order valence-electron chi connectivity index (χ0n) is 12.4. The van der Waals surface area contributed by atoms with Crippen LogP contribution in [0.3, 0.4) is 0 Å². The minimum absolute atomic E-state index is 0.545.